The molecule has 6 nitrogen and oxygen atoms in total. The molecule has 0 aliphatic carbocycles. The van der Waals surface area contributed by atoms with Crippen molar-refractivity contribution in [2.45, 2.75) is 23.8 Å². The van der Waals surface area contributed by atoms with Gasteiger partial charge in [-0.05, 0) is 43.2 Å². The molecular weight excluding hydrogens is 393 g/mol. The smallest absolute Gasteiger partial charge is 0.306 e. The maximum absolute atomic E-state index is 13.3. The number of hydrogen-bond acceptors (Lipinski definition) is 3. The van der Waals surface area contributed by atoms with Gasteiger partial charge in [0.25, 0.3) is 0 Å². The number of piperidine rings is 1. The highest BCUT2D eigenvalue weighted by Crippen LogP contribution is 2.29. The fourth-order valence-electron chi connectivity index (χ4n) is 3.56. The van der Waals surface area contributed by atoms with Crippen LogP contribution in [0.2, 0.25) is 5.02 Å². The largest absolute Gasteiger partial charge is 0.326 e. The third kappa shape index (κ3) is 3.18. The van der Waals surface area contributed by atoms with Gasteiger partial charge in [0, 0.05) is 19.1 Å². The molecule has 0 spiro atoms. The summed E-state index contributed by atoms with van der Waals surface area (Å²) in [6, 6.07) is 10.7. The summed E-state index contributed by atoms with van der Waals surface area (Å²) in [5.74, 6) is -0.659. The minimum Gasteiger partial charge on any atom is -0.306 e. The molecule has 0 atom stereocenters. The third-order valence-electron chi connectivity index (χ3n) is 4.94. The second-order valence-electron chi connectivity index (χ2n) is 6.53. The van der Waals surface area contributed by atoms with Gasteiger partial charge in [-0.1, -0.05) is 23.7 Å². The zero-order valence-corrected chi connectivity index (χ0v) is 15.8. The minimum atomic E-state index is -3.76. The Labute approximate surface area is 160 Å². The van der Waals surface area contributed by atoms with Crippen LogP contribution in [0, 0.1) is 5.82 Å². The van der Waals surface area contributed by atoms with E-state index in [1.165, 1.54) is 10.4 Å². The molecule has 1 N–H and O–H groups in total. The van der Waals surface area contributed by atoms with Gasteiger partial charge in [-0.3, -0.25) is 4.57 Å². The molecule has 2 heterocycles. The predicted molar refractivity (Wildman–Crippen MR) is 101 cm³/mol. The molecule has 0 amide bonds. The van der Waals surface area contributed by atoms with Gasteiger partial charge in [-0.25, -0.2) is 17.6 Å². The van der Waals surface area contributed by atoms with Gasteiger partial charge in [0.05, 0.1) is 21.0 Å². The SMILES string of the molecule is O=c1[nH]c2ccccc2n1C1CCN(S(=O)(=O)c2ccc(F)c(Cl)c2)CC1. The van der Waals surface area contributed by atoms with Crippen molar-refractivity contribution in [1.82, 2.24) is 13.9 Å². The normalized spacial score (nSPS) is 16.8. The Morgan fingerprint density at radius 2 is 1.81 bits per heavy atom. The summed E-state index contributed by atoms with van der Waals surface area (Å²) >= 11 is 5.72. The van der Waals surface area contributed by atoms with E-state index in [1.54, 1.807) is 4.57 Å². The number of nitrogens with one attached hydrogen (secondary N) is 1. The average molecular weight is 410 g/mol. The number of benzene rings is 2. The van der Waals surface area contributed by atoms with E-state index < -0.39 is 15.8 Å². The topological polar surface area (TPSA) is 75.2 Å². The number of fused-ring (bicyclic) bond motifs is 1. The van der Waals surface area contributed by atoms with Gasteiger partial charge in [-0.2, -0.15) is 4.31 Å². The third-order valence-corrected chi connectivity index (χ3v) is 7.13. The van der Waals surface area contributed by atoms with Crippen LogP contribution in [0.15, 0.2) is 52.2 Å². The molecule has 3 aromatic rings. The first-order chi connectivity index (χ1) is 12.9. The number of halogens is 2. The first kappa shape index (κ1) is 18.2. The van der Waals surface area contributed by atoms with E-state index in [4.69, 9.17) is 11.6 Å². The number of H-pyrrole nitrogens is 1. The van der Waals surface area contributed by atoms with Crippen molar-refractivity contribution in [3.63, 3.8) is 0 Å². The highest BCUT2D eigenvalue weighted by atomic mass is 35.5. The number of nitrogens with zero attached hydrogens (tertiary/aromatic N) is 2. The van der Waals surface area contributed by atoms with Gasteiger partial charge >= 0.3 is 5.69 Å². The van der Waals surface area contributed by atoms with Crippen molar-refractivity contribution in [3.05, 3.63) is 63.8 Å². The van der Waals surface area contributed by atoms with E-state index in [-0.39, 0.29) is 34.7 Å². The lowest BCUT2D eigenvalue weighted by Crippen LogP contribution is -2.40. The lowest BCUT2D eigenvalue weighted by Gasteiger charge is -2.31. The van der Waals surface area contributed by atoms with Gasteiger partial charge in [0.15, 0.2) is 0 Å². The Morgan fingerprint density at radius 3 is 2.52 bits per heavy atom. The number of para-hydroxylation sites is 2. The van der Waals surface area contributed by atoms with Crippen LogP contribution in [-0.4, -0.2) is 35.4 Å². The Kier molecular flexibility index (Phi) is 4.57. The molecule has 9 heteroatoms. The molecule has 1 aromatic heterocycles. The standard InChI is InChI=1S/C18H17ClFN3O3S/c19-14-11-13(5-6-15(14)20)27(25,26)22-9-7-12(8-10-22)23-17-4-2-1-3-16(17)21-18(23)24/h1-6,11-12H,7-10H2,(H,21,24). The van der Waals surface area contributed by atoms with E-state index in [1.807, 2.05) is 24.3 Å². The molecule has 27 heavy (non-hydrogen) atoms. The molecule has 1 fully saturated rings. The lowest BCUT2D eigenvalue weighted by atomic mass is 10.1. The van der Waals surface area contributed by atoms with Crippen LogP contribution < -0.4 is 5.69 Å². The summed E-state index contributed by atoms with van der Waals surface area (Å²) in [5, 5.41) is -0.226. The average Bonchev–Trinajstić information content (AvgIpc) is 2.99. The zero-order valence-electron chi connectivity index (χ0n) is 14.2. The van der Waals surface area contributed by atoms with Crippen LogP contribution >= 0.6 is 11.6 Å². The first-order valence-electron chi connectivity index (χ1n) is 8.52. The molecule has 1 saturated heterocycles. The van der Waals surface area contributed by atoms with Gasteiger partial charge < -0.3 is 4.98 Å². The summed E-state index contributed by atoms with van der Waals surface area (Å²) in [4.78, 5) is 15.1. The minimum absolute atomic E-state index is 0.0309. The van der Waals surface area contributed by atoms with Crippen molar-refractivity contribution in [1.29, 1.82) is 0 Å². The van der Waals surface area contributed by atoms with Crippen molar-refractivity contribution < 1.29 is 12.8 Å². The molecule has 0 bridgehead atoms. The number of hydrogen-bond donors (Lipinski definition) is 1. The fourth-order valence-corrected chi connectivity index (χ4v) is 5.31. The van der Waals surface area contributed by atoms with Crippen LogP contribution in [0.1, 0.15) is 18.9 Å². The van der Waals surface area contributed by atoms with Crippen molar-refractivity contribution in [3.8, 4) is 0 Å². The Hall–Kier alpha value is -2.16. The van der Waals surface area contributed by atoms with Crippen molar-refractivity contribution in [2.75, 3.05) is 13.1 Å². The summed E-state index contributed by atoms with van der Waals surface area (Å²) in [6.07, 6.45) is 1.02. The Balaban J connectivity index is 1.57. The second kappa shape index (κ2) is 6.78. The number of rotatable bonds is 3. The number of aromatic nitrogens is 2. The highest BCUT2D eigenvalue weighted by molar-refractivity contribution is 7.89. The van der Waals surface area contributed by atoms with Crippen LogP contribution in [0.4, 0.5) is 4.39 Å². The summed E-state index contributed by atoms with van der Waals surface area (Å²) < 4.78 is 42.0. The molecule has 0 radical (unpaired) electrons. The van der Waals surface area contributed by atoms with Gasteiger partial charge in [0.1, 0.15) is 5.82 Å². The predicted octanol–water partition coefficient (Wildman–Crippen LogP) is 3.15. The zero-order chi connectivity index (χ0) is 19.2. The summed E-state index contributed by atoms with van der Waals surface area (Å²) in [7, 11) is -3.76. The molecule has 0 saturated carbocycles. The molecule has 1 aliphatic heterocycles. The Morgan fingerprint density at radius 1 is 1.11 bits per heavy atom. The number of aromatic amines is 1. The van der Waals surface area contributed by atoms with Gasteiger partial charge in [-0.15, -0.1) is 0 Å². The number of imidazole rings is 1. The van der Waals surface area contributed by atoms with Crippen molar-refractivity contribution in [2.24, 2.45) is 0 Å². The Bertz CT molecular complexity index is 1160. The maximum Gasteiger partial charge on any atom is 0.326 e. The van der Waals surface area contributed by atoms with Crippen LogP contribution in [0.25, 0.3) is 11.0 Å². The van der Waals surface area contributed by atoms with E-state index >= 15 is 0 Å². The quantitative estimate of drug-likeness (QED) is 0.722. The van der Waals surface area contributed by atoms with Gasteiger partial charge in [0.2, 0.25) is 10.0 Å². The van der Waals surface area contributed by atoms with E-state index in [0.29, 0.717) is 12.8 Å². The molecular formula is C18H17ClFN3O3S. The monoisotopic (exact) mass is 409 g/mol. The highest BCUT2D eigenvalue weighted by Gasteiger charge is 2.31. The van der Waals surface area contributed by atoms with E-state index in [2.05, 4.69) is 4.98 Å². The lowest BCUT2D eigenvalue weighted by molar-refractivity contribution is 0.274. The molecule has 142 valence electrons. The fraction of sp³-hybridized carbons (Fsp3) is 0.278. The van der Waals surface area contributed by atoms with Crippen molar-refractivity contribution >= 4 is 32.7 Å². The van der Waals surface area contributed by atoms with E-state index in [0.717, 1.165) is 23.2 Å². The van der Waals surface area contributed by atoms with E-state index in [9.17, 15) is 17.6 Å². The number of sulfonamides is 1. The first-order valence-corrected chi connectivity index (χ1v) is 10.3. The van der Waals surface area contributed by atoms with Crippen LogP contribution in [-0.2, 0) is 10.0 Å². The molecule has 1 aliphatic rings. The molecule has 4 rings (SSSR count). The molecule has 0 unspecified atom stereocenters. The summed E-state index contributed by atoms with van der Waals surface area (Å²) in [6.45, 7) is 0.544. The summed E-state index contributed by atoms with van der Waals surface area (Å²) in [5.41, 5.74) is 1.38. The maximum atomic E-state index is 13.3. The van der Waals surface area contributed by atoms with Crippen LogP contribution in [0.5, 0.6) is 0 Å². The van der Waals surface area contributed by atoms with Crippen LogP contribution in [0.3, 0.4) is 0 Å². The second-order valence-corrected chi connectivity index (χ2v) is 8.87. The molecule has 2 aromatic carbocycles.